The molecule has 1 aromatic carbocycles. The van der Waals surface area contributed by atoms with Crippen molar-refractivity contribution in [3.63, 3.8) is 0 Å². The lowest BCUT2D eigenvalue weighted by Crippen LogP contribution is -2.27. The van der Waals surface area contributed by atoms with Crippen LogP contribution in [0.15, 0.2) is 24.3 Å². The molecule has 1 atom stereocenters. The number of carbonyl (C=O) groups is 1. The SMILES string of the molecule is CCC(C(=O)Nc1ccc(Cl)c(Cl)c1)n1nc([N+](=O)[O-])cc1C. The van der Waals surface area contributed by atoms with Crippen LogP contribution in [0.3, 0.4) is 0 Å². The van der Waals surface area contributed by atoms with Crippen LogP contribution in [0.5, 0.6) is 0 Å². The number of anilines is 1. The van der Waals surface area contributed by atoms with E-state index in [9.17, 15) is 14.9 Å². The minimum Gasteiger partial charge on any atom is -0.358 e. The molecule has 7 nitrogen and oxygen atoms in total. The first kappa shape index (κ1) is 17.2. The molecule has 122 valence electrons. The average Bonchev–Trinajstić information content (AvgIpc) is 2.86. The van der Waals surface area contributed by atoms with E-state index in [1.54, 1.807) is 26.0 Å². The first-order chi connectivity index (χ1) is 10.8. The summed E-state index contributed by atoms with van der Waals surface area (Å²) in [5.74, 6) is -0.629. The molecule has 1 aromatic heterocycles. The van der Waals surface area contributed by atoms with Crippen LogP contribution in [0.2, 0.25) is 10.0 Å². The largest absolute Gasteiger partial charge is 0.390 e. The molecule has 0 aliphatic carbocycles. The Morgan fingerprint density at radius 3 is 2.61 bits per heavy atom. The molecule has 0 radical (unpaired) electrons. The molecule has 1 heterocycles. The minimum absolute atomic E-state index is 0.289. The van der Waals surface area contributed by atoms with Crippen molar-refractivity contribution >= 4 is 40.6 Å². The summed E-state index contributed by atoms with van der Waals surface area (Å²) in [6, 6.07) is 5.39. The zero-order chi connectivity index (χ0) is 17.1. The van der Waals surface area contributed by atoms with Gasteiger partial charge in [0.1, 0.15) is 0 Å². The van der Waals surface area contributed by atoms with Gasteiger partial charge in [0.2, 0.25) is 0 Å². The van der Waals surface area contributed by atoms with Crippen LogP contribution < -0.4 is 5.32 Å². The molecule has 0 spiro atoms. The van der Waals surface area contributed by atoms with Gasteiger partial charge in [0.25, 0.3) is 5.91 Å². The highest BCUT2D eigenvalue weighted by Crippen LogP contribution is 2.26. The quantitative estimate of drug-likeness (QED) is 0.647. The normalized spacial score (nSPS) is 12.0. The third kappa shape index (κ3) is 3.80. The predicted molar refractivity (Wildman–Crippen MR) is 88.0 cm³/mol. The molecule has 0 aliphatic heterocycles. The fourth-order valence-electron chi connectivity index (χ4n) is 2.14. The second-order valence-corrected chi connectivity index (χ2v) is 5.70. The van der Waals surface area contributed by atoms with Crippen molar-refractivity contribution in [2.24, 2.45) is 0 Å². The molecule has 2 aromatic rings. The van der Waals surface area contributed by atoms with Gasteiger partial charge in [-0.25, -0.2) is 0 Å². The maximum absolute atomic E-state index is 12.5. The minimum atomic E-state index is -0.668. The number of nitrogens with one attached hydrogen (secondary N) is 1. The lowest BCUT2D eigenvalue weighted by atomic mass is 10.2. The van der Waals surface area contributed by atoms with Crippen molar-refractivity contribution in [3.8, 4) is 0 Å². The number of halogens is 2. The number of aryl methyl sites for hydroxylation is 1. The van der Waals surface area contributed by atoms with Crippen LogP contribution in [0.1, 0.15) is 25.1 Å². The third-order valence-corrected chi connectivity index (χ3v) is 4.01. The number of nitrogens with zero attached hydrogens (tertiary/aromatic N) is 3. The van der Waals surface area contributed by atoms with Gasteiger partial charge in [-0.05, 0) is 36.5 Å². The van der Waals surface area contributed by atoms with E-state index in [1.165, 1.54) is 16.8 Å². The number of benzene rings is 1. The van der Waals surface area contributed by atoms with E-state index >= 15 is 0 Å². The molecule has 9 heteroatoms. The fourth-order valence-corrected chi connectivity index (χ4v) is 2.44. The Hall–Kier alpha value is -2.12. The third-order valence-electron chi connectivity index (χ3n) is 3.27. The standard InChI is InChI=1S/C14H14Cl2N4O3/c1-3-12(19-8(2)6-13(18-19)20(22)23)14(21)17-9-4-5-10(15)11(16)7-9/h4-7,12H,3H2,1-2H3,(H,17,21). The Kier molecular flexibility index (Phi) is 5.23. The van der Waals surface area contributed by atoms with E-state index in [4.69, 9.17) is 23.2 Å². The van der Waals surface area contributed by atoms with Crippen molar-refractivity contribution in [3.05, 3.63) is 50.1 Å². The van der Waals surface area contributed by atoms with Crippen LogP contribution in [0, 0.1) is 17.0 Å². The van der Waals surface area contributed by atoms with E-state index in [2.05, 4.69) is 10.4 Å². The number of hydrogen-bond acceptors (Lipinski definition) is 4. The zero-order valence-electron chi connectivity index (χ0n) is 12.4. The molecule has 2 rings (SSSR count). The molecule has 1 amide bonds. The number of nitro groups is 1. The molecule has 0 saturated carbocycles. The summed E-state index contributed by atoms with van der Waals surface area (Å²) in [6.07, 6.45) is 0.423. The Balaban J connectivity index is 2.24. The van der Waals surface area contributed by atoms with Gasteiger partial charge < -0.3 is 15.4 Å². The molecule has 1 N–H and O–H groups in total. The summed E-state index contributed by atoms with van der Waals surface area (Å²) in [6.45, 7) is 3.46. The molecule has 1 unspecified atom stereocenters. The van der Waals surface area contributed by atoms with E-state index in [0.29, 0.717) is 27.8 Å². The van der Waals surface area contributed by atoms with Crippen molar-refractivity contribution in [2.45, 2.75) is 26.3 Å². The van der Waals surface area contributed by atoms with E-state index in [1.807, 2.05) is 0 Å². The summed E-state index contributed by atoms with van der Waals surface area (Å²) in [5, 5.41) is 18.1. The highest BCUT2D eigenvalue weighted by molar-refractivity contribution is 6.42. The Labute approximate surface area is 142 Å². The summed E-state index contributed by atoms with van der Waals surface area (Å²) < 4.78 is 1.35. The second-order valence-electron chi connectivity index (χ2n) is 4.89. The predicted octanol–water partition coefficient (Wildman–Crippen LogP) is 4.00. The summed E-state index contributed by atoms with van der Waals surface area (Å²) >= 11 is 11.7. The average molecular weight is 357 g/mol. The summed E-state index contributed by atoms with van der Waals surface area (Å²) in [5.41, 5.74) is 1.02. The lowest BCUT2D eigenvalue weighted by Gasteiger charge is -2.14. The number of aromatic nitrogens is 2. The smallest absolute Gasteiger partial charge is 0.358 e. The Morgan fingerprint density at radius 1 is 1.39 bits per heavy atom. The van der Waals surface area contributed by atoms with Crippen LogP contribution >= 0.6 is 23.2 Å². The monoisotopic (exact) mass is 356 g/mol. The van der Waals surface area contributed by atoms with Crippen molar-refractivity contribution in [2.75, 3.05) is 5.32 Å². The van der Waals surface area contributed by atoms with Crippen molar-refractivity contribution in [1.29, 1.82) is 0 Å². The first-order valence-corrected chi connectivity index (χ1v) is 7.55. The molecular weight excluding hydrogens is 343 g/mol. The van der Waals surface area contributed by atoms with Gasteiger partial charge in [-0.3, -0.25) is 4.79 Å². The lowest BCUT2D eigenvalue weighted by molar-refractivity contribution is -0.389. The Bertz CT molecular complexity index is 760. The van der Waals surface area contributed by atoms with Gasteiger partial charge >= 0.3 is 5.82 Å². The van der Waals surface area contributed by atoms with Gasteiger partial charge in [0.05, 0.1) is 26.9 Å². The number of hydrogen-bond donors (Lipinski definition) is 1. The van der Waals surface area contributed by atoms with E-state index in [-0.39, 0.29) is 11.7 Å². The fraction of sp³-hybridized carbons (Fsp3) is 0.286. The molecule has 0 saturated heterocycles. The van der Waals surface area contributed by atoms with Gasteiger partial charge in [-0.15, -0.1) is 0 Å². The van der Waals surface area contributed by atoms with Gasteiger partial charge in [0, 0.05) is 5.69 Å². The van der Waals surface area contributed by atoms with Gasteiger partial charge in [-0.2, -0.15) is 4.68 Å². The van der Waals surface area contributed by atoms with Gasteiger partial charge in [0.15, 0.2) is 6.04 Å². The molecule has 0 fully saturated rings. The topological polar surface area (TPSA) is 90.1 Å². The maximum Gasteiger partial charge on any atom is 0.390 e. The molecular formula is C14H14Cl2N4O3. The summed E-state index contributed by atoms with van der Waals surface area (Å²) in [7, 11) is 0. The number of rotatable bonds is 5. The molecule has 0 aliphatic rings. The zero-order valence-corrected chi connectivity index (χ0v) is 13.9. The van der Waals surface area contributed by atoms with E-state index < -0.39 is 11.0 Å². The van der Waals surface area contributed by atoms with Crippen LogP contribution in [-0.4, -0.2) is 20.6 Å². The highest BCUT2D eigenvalue weighted by Gasteiger charge is 2.27. The maximum atomic E-state index is 12.5. The summed E-state index contributed by atoms with van der Waals surface area (Å²) in [4.78, 5) is 22.7. The highest BCUT2D eigenvalue weighted by atomic mass is 35.5. The van der Waals surface area contributed by atoms with E-state index in [0.717, 1.165) is 0 Å². The van der Waals surface area contributed by atoms with Crippen LogP contribution in [-0.2, 0) is 4.79 Å². The van der Waals surface area contributed by atoms with Gasteiger partial charge in [-0.1, -0.05) is 30.1 Å². The molecule has 0 bridgehead atoms. The van der Waals surface area contributed by atoms with Crippen LogP contribution in [0.4, 0.5) is 11.5 Å². The number of amides is 1. The van der Waals surface area contributed by atoms with Crippen LogP contribution in [0.25, 0.3) is 0 Å². The first-order valence-electron chi connectivity index (χ1n) is 6.80. The number of carbonyl (C=O) groups excluding carboxylic acids is 1. The second kappa shape index (κ2) is 6.97. The van der Waals surface area contributed by atoms with Crippen molar-refractivity contribution < 1.29 is 9.72 Å². The molecule has 23 heavy (non-hydrogen) atoms. The van der Waals surface area contributed by atoms with Crippen molar-refractivity contribution in [1.82, 2.24) is 9.78 Å². The Morgan fingerprint density at radius 2 is 2.09 bits per heavy atom.